The van der Waals surface area contributed by atoms with Gasteiger partial charge < -0.3 is 10.2 Å². The molecule has 1 saturated heterocycles. The number of likely N-dealkylation sites (tertiary alicyclic amines) is 1. The van der Waals surface area contributed by atoms with Crippen molar-refractivity contribution >= 4 is 15.9 Å². The monoisotopic (exact) mass is 341 g/mol. The molecule has 3 nitrogen and oxygen atoms in total. The van der Waals surface area contributed by atoms with Gasteiger partial charge in [0.2, 0.25) is 0 Å². The van der Waals surface area contributed by atoms with E-state index >= 15 is 0 Å². The highest BCUT2D eigenvalue weighted by molar-refractivity contribution is 9.10. The zero-order valence-corrected chi connectivity index (χ0v) is 13.4. The fourth-order valence-electron chi connectivity index (χ4n) is 2.91. The second-order valence-electron chi connectivity index (χ2n) is 5.58. The highest BCUT2D eigenvalue weighted by Gasteiger charge is 2.21. The lowest BCUT2D eigenvalue weighted by molar-refractivity contribution is 0.0947. The molecule has 2 unspecified atom stereocenters. The Balaban J connectivity index is 1.89. The van der Waals surface area contributed by atoms with Gasteiger partial charge in [0.1, 0.15) is 0 Å². The molecule has 1 fully saturated rings. The summed E-state index contributed by atoms with van der Waals surface area (Å²) >= 11 is 3.43. The summed E-state index contributed by atoms with van der Waals surface area (Å²) in [4.78, 5) is 2.34. The summed E-state index contributed by atoms with van der Waals surface area (Å²) in [5, 5.41) is 19.8. The van der Waals surface area contributed by atoms with Gasteiger partial charge >= 0.3 is 0 Å². The third-order valence-corrected chi connectivity index (χ3v) is 4.63. The maximum absolute atomic E-state index is 10.3. The van der Waals surface area contributed by atoms with Gasteiger partial charge in [0, 0.05) is 17.1 Å². The van der Waals surface area contributed by atoms with Crippen LogP contribution >= 0.6 is 15.9 Å². The summed E-state index contributed by atoms with van der Waals surface area (Å²) in [6.45, 7) is 2.11. The molecule has 2 atom stereocenters. The van der Waals surface area contributed by atoms with Crippen LogP contribution in [0.2, 0.25) is 0 Å². The van der Waals surface area contributed by atoms with Gasteiger partial charge in [0.15, 0.2) is 0 Å². The molecule has 4 heteroatoms. The second kappa shape index (κ2) is 8.13. The lowest BCUT2D eigenvalue weighted by Crippen LogP contribution is -2.38. The van der Waals surface area contributed by atoms with Crippen LogP contribution in [-0.4, -0.2) is 40.9 Å². The highest BCUT2D eigenvalue weighted by atomic mass is 79.9. The van der Waals surface area contributed by atoms with Crippen molar-refractivity contribution in [2.24, 2.45) is 0 Å². The summed E-state index contributed by atoms with van der Waals surface area (Å²) < 4.78 is 0.997. The Kier molecular flexibility index (Phi) is 6.49. The Morgan fingerprint density at radius 2 is 2.15 bits per heavy atom. The SMILES string of the molecule is OCC1CCCCCN1CCC(O)c1cccc(Br)c1. The molecular weight excluding hydrogens is 318 g/mol. The fourth-order valence-corrected chi connectivity index (χ4v) is 3.32. The molecule has 1 aromatic rings. The van der Waals surface area contributed by atoms with Gasteiger partial charge in [-0.25, -0.2) is 0 Å². The fraction of sp³-hybridized carbons (Fsp3) is 0.625. The molecule has 0 spiro atoms. The van der Waals surface area contributed by atoms with Crippen LogP contribution in [0.25, 0.3) is 0 Å². The number of hydrogen-bond acceptors (Lipinski definition) is 3. The Labute approximate surface area is 129 Å². The maximum Gasteiger partial charge on any atom is 0.0802 e. The lowest BCUT2D eigenvalue weighted by Gasteiger charge is -2.29. The van der Waals surface area contributed by atoms with E-state index in [1.165, 1.54) is 19.3 Å². The van der Waals surface area contributed by atoms with Crippen molar-refractivity contribution < 1.29 is 10.2 Å². The Hall–Kier alpha value is -0.420. The van der Waals surface area contributed by atoms with Crippen LogP contribution < -0.4 is 0 Å². The Morgan fingerprint density at radius 1 is 1.30 bits per heavy atom. The van der Waals surface area contributed by atoms with Crippen molar-refractivity contribution in [3.63, 3.8) is 0 Å². The molecule has 1 aliphatic rings. The van der Waals surface area contributed by atoms with E-state index in [1.807, 2.05) is 24.3 Å². The Morgan fingerprint density at radius 3 is 2.90 bits per heavy atom. The van der Waals surface area contributed by atoms with E-state index in [2.05, 4.69) is 20.8 Å². The number of benzene rings is 1. The van der Waals surface area contributed by atoms with Crippen LogP contribution in [0.1, 0.15) is 43.8 Å². The average Bonchev–Trinajstić information content (AvgIpc) is 2.69. The average molecular weight is 342 g/mol. The van der Waals surface area contributed by atoms with Crippen molar-refractivity contribution in [2.45, 2.75) is 44.2 Å². The van der Waals surface area contributed by atoms with E-state index in [1.54, 1.807) is 0 Å². The van der Waals surface area contributed by atoms with E-state index in [4.69, 9.17) is 0 Å². The molecule has 0 bridgehead atoms. The molecule has 1 heterocycles. The summed E-state index contributed by atoms with van der Waals surface area (Å²) in [6, 6.07) is 8.11. The van der Waals surface area contributed by atoms with E-state index in [0.29, 0.717) is 6.42 Å². The molecule has 20 heavy (non-hydrogen) atoms. The van der Waals surface area contributed by atoms with Crippen molar-refractivity contribution in [1.82, 2.24) is 4.90 Å². The molecule has 0 saturated carbocycles. The van der Waals surface area contributed by atoms with E-state index < -0.39 is 6.10 Å². The number of aliphatic hydroxyl groups is 2. The molecule has 0 aromatic heterocycles. The van der Waals surface area contributed by atoms with Crippen molar-refractivity contribution in [3.05, 3.63) is 34.3 Å². The maximum atomic E-state index is 10.3. The van der Waals surface area contributed by atoms with Gasteiger partial charge in [0.25, 0.3) is 0 Å². The molecule has 2 N–H and O–H groups in total. The number of hydrogen-bond donors (Lipinski definition) is 2. The third-order valence-electron chi connectivity index (χ3n) is 4.13. The van der Waals surface area contributed by atoms with Crippen LogP contribution in [0.15, 0.2) is 28.7 Å². The third kappa shape index (κ3) is 4.55. The smallest absolute Gasteiger partial charge is 0.0802 e. The number of aliphatic hydroxyl groups excluding tert-OH is 2. The Bertz CT molecular complexity index is 413. The standard InChI is InChI=1S/C16H24BrNO2/c17-14-6-4-5-13(11-14)16(20)8-10-18-9-3-1-2-7-15(18)12-19/h4-6,11,15-16,19-20H,1-3,7-10,12H2. The zero-order chi connectivity index (χ0) is 14.4. The van der Waals surface area contributed by atoms with Gasteiger partial charge in [-0.2, -0.15) is 0 Å². The molecule has 1 aliphatic heterocycles. The molecule has 0 amide bonds. The predicted octanol–water partition coefficient (Wildman–Crippen LogP) is 3.11. The second-order valence-corrected chi connectivity index (χ2v) is 6.50. The van der Waals surface area contributed by atoms with Crippen molar-refractivity contribution in [2.75, 3.05) is 19.7 Å². The summed E-state index contributed by atoms with van der Waals surface area (Å²) in [5.74, 6) is 0. The van der Waals surface area contributed by atoms with Gasteiger partial charge in [-0.05, 0) is 43.5 Å². The van der Waals surface area contributed by atoms with Crippen LogP contribution in [-0.2, 0) is 0 Å². The molecular formula is C16H24BrNO2. The minimum Gasteiger partial charge on any atom is -0.395 e. The highest BCUT2D eigenvalue weighted by Crippen LogP contribution is 2.23. The first kappa shape index (κ1) is 16.0. The largest absolute Gasteiger partial charge is 0.395 e. The van der Waals surface area contributed by atoms with Crippen LogP contribution in [0.4, 0.5) is 0 Å². The molecule has 112 valence electrons. The van der Waals surface area contributed by atoms with Crippen LogP contribution in [0, 0.1) is 0 Å². The molecule has 1 aromatic carbocycles. The molecule has 2 rings (SSSR count). The van der Waals surface area contributed by atoms with Gasteiger partial charge in [0.05, 0.1) is 12.7 Å². The van der Waals surface area contributed by atoms with Gasteiger partial charge in [-0.3, -0.25) is 4.90 Å². The first-order valence-corrected chi connectivity index (χ1v) is 8.28. The lowest BCUT2D eigenvalue weighted by atomic mass is 10.1. The summed E-state index contributed by atoms with van der Waals surface area (Å²) in [7, 11) is 0. The minimum absolute atomic E-state index is 0.229. The quantitative estimate of drug-likeness (QED) is 0.864. The first-order valence-electron chi connectivity index (χ1n) is 7.49. The van der Waals surface area contributed by atoms with Gasteiger partial charge in [-0.1, -0.05) is 40.9 Å². The zero-order valence-electron chi connectivity index (χ0n) is 11.8. The normalized spacial score (nSPS) is 22.4. The number of rotatable bonds is 5. The summed E-state index contributed by atoms with van der Waals surface area (Å²) in [5.41, 5.74) is 0.953. The van der Waals surface area contributed by atoms with Crippen molar-refractivity contribution in [1.29, 1.82) is 0 Å². The minimum atomic E-state index is -0.435. The number of halogens is 1. The molecule has 0 aliphatic carbocycles. The molecule has 0 radical (unpaired) electrons. The van der Waals surface area contributed by atoms with E-state index in [-0.39, 0.29) is 12.6 Å². The van der Waals surface area contributed by atoms with Crippen LogP contribution in [0.3, 0.4) is 0 Å². The van der Waals surface area contributed by atoms with Gasteiger partial charge in [-0.15, -0.1) is 0 Å². The topological polar surface area (TPSA) is 43.7 Å². The van der Waals surface area contributed by atoms with Crippen LogP contribution in [0.5, 0.6) is 0 Å². The van der Waals surface area contributed by atoms with Crippen molar-refractivity contribution in [3.8, 4) is 0 Å². The summed E-state index contributed by atoms with van der Waals surface area (Å²) in [6.07, 6.45) is 5.01. The predicted molar refractivity (Wildman–Crippen MR) is 84.6 cm³/mol. The van der Waals surface area contributed by atoms with E-state index in [9.17, 15) is 10.2 Å². The first-order chi connectivity index (χ1) is 9.70. The van der Waals surface area contributed by atoms with E-state index in [0.717, 1.165) is 29.5 Å². The number of nitrogens with zero attached hydrogens (tertiary/aromatic N) is 1.